The monoisotopic (exact) mass is 556 g/mol. The van der Waals surface area contributed by atoms with Crippen LogP contribution in [0.15, 0.2) is 146 Å². The molecule has 0 N–H and O–H groups in total. The molecule has 0 saturated carbocycles. The molecule has 0 aliphatic heterocycles. The molecule has 0 unspecified atom stereocenters. The summed E-state index contributed by atoms with van der Waals surface area (Å²) in [5.74, 6) is 0. The summed E-state index contributed by atoms with van der Waals surface area (Å²) >= 11 is 0. The summed E-state index contributed by atoms with van der Waals surface area (Å²) in [5, 5.41) is 21.8. The van der Waals surface area contributed by atoms with E-state index in [4.69, 9.17) is 0 Å². The first-order valence-corrected chi connectivity index (χ1v) is 14.6. The Hall–Kier alpha value is -6.22. The van der Waals surface area contributed by atoms with Crippen molar-refractivity contribution in [2.24, 2.45) is 0 Å². The fraction of sp³-hybridized carbons (Fsp3) is 0. The molecule has 0 radical (unpaired) electrons. The van der Waals surface area contributed by atoms with E-state index in [1.807, 2.05) is 18.2 Å². The van der Waals surface area contributed by atoms with Crippen LogP contribution in [0, 0.1) is 22.7 Å². The number of nitriles is 2. The molecular weight excluding hydrogens is 532 g/mol. The first kappa shape index (κ1) is 25.5. The van der Waals surface area contributed by atoms with Gasteiger partial charge in [0.05, 0.1) is 23.3 Å². The molecule has 2 nitrogen and oxygen atoms in total. The molecule has 7 aromatic rings. The van der Waals surface area contributed by atoms with Crippen LogP contribution in [0.4, 0.5) is 0 Å². The predicted molar refractivity (Wildman–Crippen MR) is 180 cm³/mol. The maximum absolute atomic E-state index is 9.63. The Bertz CT molecular complexity index is 2300. The quantitative estimate of drug-likeness (QED) is 0.216. The number of benzene rings is 7. The average molecular weight is 557 g/mol. The van der Waals surface area contributed by atoms with Crippen LogP contribution in [-0.4, -0.2) is 0 Å². The van der Waals surface area contributed by atoms with Crippen molar-refractivity contribution in [3.8, 4) is 78.9 Å². The van der Waals surface area contributed by atoms with Crippen LogP contribution in [0.1, 0.15) is 11.1 Å². The first-order chi connectivity index (χ1) is 21.7. The largest absolute Gasteiger partial charge is 0.192 e. The molecule has 0 fully saturated rings. The summed E-state index contributed by atoms with van der Waals surface area (Å²) in [6.07, 6.45) is 0. The van der Waals surface area contributed by atoms with Gasteiger partial charge in [-0.25, -0.2) is 0 Å². The van der Waals surface area contributed by atoms with Crippen LogP contribution in [0.3, 0.4) is 0 Å². The Kier molecular flexibility index (Phi) is 5.94. The number of rotatable bonds is 4. The van der Waals surface area contributed by atoms with E-state index < -0.39 is 0 Å². The van der Waals surface area contributed by atoms with Gasteiger partial charge >= 0.3 is 0 Å². The van der Waals surface area contributed by atoms with Crippen LogP contribution in [0.2, 0.25) is 0 Å². The van der Waals surface area contributed by atoms with Crippen molar-refractivity contribution >= 4 is 10.8 Å². The van der Waals surface area contributed by atoms with E-state index in [0.717, 1.165) is 27.8 Å². The fourth-order valence-corrected chi connectivity index (χ4v) is 6.76. The Labute approximate surface area is 256 Å². The van der Waals surface area contributed by atoms with E-state index in [9.17, 15) is 10.5 Å². The first-order valence-electron chi connectivity index (χ1n) is 14.6. The molecule has 1 aliphatic carbocycles. The third-order valence-electron chi connectivity index (χ3n) is 8.62. The number of nitrogens with zero attached hydrogens (tertiary/aromatic N) is 2. The molecule has 0 aromatic heterocycles. The van der Waals surface area contributed by atoms with E-state index in [1.165, 1.54) is 49.7 Å². The summed E-state index contributed by atoms with van der Waals surface area (Å²) < 4.78 is 0. The van der Waals surface area contributed by atoms with Crippen molar-refractivity contribution in [1.82, 2.24) is 0 Å². The molecule has 0 atom stereocenters. The van der Waals surface area contributed by atoms with Gasteiger partial charge in [-0.05, 0) is 108 Å². The molecule has 0 saturated heterocycles. The maximum Gasteiger partial charge on any atom is 0.0992 e. The third kappa shape index (κ3) is 4.02. The van der Waals surface area contributed by atoms with Gasteiger partial charge in [0.15, 0.2) is 0 Å². The van der Waals surface area contributed by atoms with Gasteiger partial charge in [-0.2, -0.15) is 10.5 Å². The summed E-state index contributed by atoms with van der Waals surface area (Å²) in [6, 6.07) is 55.1. The minimum Gasteiger partial charge on any atom is -0.192 e. The molecule has 44 heavy (non-hydrogen) atoms. The lowest BCUT2D eigenvalue weighted by Gasteiger charge is -2.21. The molecular formula is C42H24N2. The molecule has 8 rings (SSSR count). The van der Waals surface area contributed by atoms with Crippen molar-refractivity contribution in [2.75, 3.05) is 0 Å². The van der Waals surface area contributed by atoms with Gasteiger partial charge in [0.1, 0.15) is 0 Å². The van der Waals surface area contributed by atoms with Gasteiger partial charge in [0.25, 0.3) is 0 Å². The molecule has 0 amide bonds. The zero-order chi connectivity index (χ0) is 29.6. The molecule has 202 valence electrons. The van der Waals surface area contributed by atoms with Crippen molar-refractivity contribution in [3.05, 3.63) is 157 Å². The molecule has 0 bridgehead atoms. The summed E-state index contributed by atoms with van der Waals surface area (Å²) in [5.41, 5.74) is 14.7. The van der Waals surface area contributed by atoms with Crippen LogP contribution in [-0.2, 0) is 0 Å². The van der Waals surface area contributed by atoms with Crippen LogP contribution in [0.25, 0.3) is 77.5 Å². The van der Waals surface area contributed by atoms with Gasteiger partial charge in [0, 0.05) is 0 Å². The molecule has 2 heteroatoms. The predicted octanol–water partition coefficient (Wildman–Crippen LogP) is 10.9. The van der Waals surface area contributed by atoms with E-state index >= 15 is 0 Å². The minimum atomic E-state index is 0.476. The number of fused-ring (bicyclic) bond motifs is 3. The minimum absolute atomic E-state index is 0.476. The summed E-state index contributed by atoms with van der Waals surface area (Å²) in [6.45, 7) is 0. The van der Waals surface area contributed by atoms with Crippen molar-refractivity contribution in [3.63, 3.8) is 0 Å². The Morgan fingerprint density at radius 1 is 0.341 bits per heavy atom. The second-order valence-electron chi connectivity index (χ2n) is 11.1. The van der Waals surface area contributed by atoms with Crippen LogP contribution >= 0.6 is 0 Å². The average Bonchev–Trinajstić information content (AvgIpc) is 3.44. The highest BCUT2D eigenvalue weighted by Crippen LogP contribution is 2.57. The van der Waals surface area contributed by atoms with Crippen molar-refractivity contribution in [2.45, 2.75) is 0 Å². The fourth-order valence-electron chi connectivity index (χ4n) is 6.76. The Balaban J connectivity index is 1.48. The highest BCUT2D eigenvalue weighted by molar-refractivity contribution is 6.22. The topological polar surface area (TPSA) is 47.6 Å². The van der Waals surface area contributed by atoms with Gasteiger partial charge in [-0.3, -0.25) is 0 Å². The summed E-state index contributed by atoms with van der Waals surface area (Å²) in [7, 11) is 0. The number of hydrogen-bond acceptors (Lipinski definition) is 2. The standard InChI is InChI=1S/C42H24N2/c43-25-27-20-28(26-44)22-34(21-27)32-16-7-17-33(23-32)38-24-37(29-10-3-1-4-11-29)41-35-18-8-14-30-15-9-19-36(39(30)35)42(41)40(38)31-12-5-2-6-13-31/h1-24H. The normalized spacial score (nSPS) is 11.1. The zero-order valence-corrected chi connectivity index (χ0v) is 23.8. The van der Waals surface area contributed by atoms with Crippen LogP contribution in [0.5, 0.6) is 0 Å². The van der Waals surface area contributed by atoms with Gasteiger partial charge in [0.2, 0.25) is 0 Å². The maximum atomic E-state index is 9.63. The lowest BCUT2D eigenvalue weighted by molar-refractivity contribution is 1.44. The SMILES string of the molecule is N#Cc1cc(C#N)cc(-c2cccc(-c3cc(-c4ccccc4)c4c(c3-c3ccccc3)-c3cccc5cccc-4c35)c2)c1. The zero-order valence-electron chi connectivity index (χ0n) is 23.8. The second-order valence-corrected chi connectivity index (χ2v) is 11.1. The Morgan fingerprint density at radius 2 is 0.886 bits per heavy atom. The smallest absolute Gasteiger partial charge is 0.0992 e. The molecule has 0 heterocycles. The van der Waals surface area contributed by atoms with Crippen LogP contribution < -0.4 is 0 Å². The Morgan fingerprint density at radius 3 is 1.55 bits per heavy atom. The van der Waals surface area contributed by atoms with Gasteiger partial charge in [-0.15, -0.1) is 0 Å². The molecule has 0 spiro atoms. The van der Waals surface area contributed by atoms with E-state index in [-0.39, 0.29) is 0 Å². The summed E-state index contributed by atoms with van der Waals surface area (Å²) in [4.78, 5) is 0. The van der Waals surface area contributed by atoms with E-state index in [0.29, 0.717) is 11.1 Å². The van der Waals surface area contributed by atoms with Gasteiger partial charge in [-0.1, -0.05) is 115 Å². The number of hydrogen-bond donors (Lipinski definition) is 0. The lowest BCUT2D eigenvalue weighted by atomic mass is 9.82. The van der Waals surface area contributed by atoms with E-state index in [1.54, 1.807) is 6.07 Å². The molecule has 7 aromatic carbocycles. The second kappa shape index (κ2) is 10.2. The highest BCUT2D eigenvalue weighted by Gasteiger charge is 2.30. The van der Waals surface area contributed by atoms with Crippen molar-refractivity contribution < 1.29 is 0 Å². The highest BCUT2D eigenvalue weighted by atomic mass is 14.3. The molecule has 1 aliphatic rings. The van der Waals surface area contributed by atoms with Crippen molar-refractivity contribution in [1.29, 1.82) is 10.5 Å². The third-order valence-corrected chi connectivity index (χ3v) is 8.62. The van der Waals surface area contributed by atoms with E-state index in [2.05, 4.69) is 133 Å². The lowest BCUT2D eigenvalue weighted by Crippen LogP contribution is -1.95. The van der Waals surface area contributed by atoms with Gasteiger partial charge < -0.3 is 0 Å².